The molecule has 4 aromatic rings. The molecule has 0 saturated heterocycles. The second-order valence-electron chi connectivity index (χ2n) is 7.73. The smallest absolute Gasteiger partial charge is 0.195 e. The summed E-state index contributed by atoms with van der Waals surface area (Å²) in [6.45, 7) is 2.36. The van der Waals surface area contributed by atoms with E-state index in [4.69, 9.17) is 4.74 Å². The highest BCUT2D eigenvalue weighted by molar-refractivity contribution is 5.84. The topological polar surface area (TPSA) is 9.23 Å². The van der Waals surface area contributed by atoms with E-state index in [0.717, 1.165) is 24.6 Å². The Balaban J connectivity index is 1.59. The van der Waals surface area contributed by atoms with Crippen LogP contribution in [0.15, 0.2) is 54.6 Å². The molecule has 0 spiro atoms. The summed E-state index contributed by atoms with van der Waals surface area (Å²) in [7, 11) is 0. The largest absolute Gasteiger partial charge is 0.494 e. The van der Waals surface area contributed by atoms with Crippen molar-refractivity contribution in [1.82, 2.24) is 0 Å². The van der Waals surface area contributed by atoms with Gasteiger partial charge in [0.25, 0.3) is 0 Å². The van der Waals surface area contributed by atoms with Crippen LogP contribution in [0.5, 0.6) is 5.75 Å². The molecule has 0 amide bonds. The van der Waals surface area contributed by atoms with Gasteiger partial charge >= 0.3 is 0 Å². The molecular weight excluding hydrogens is 478 g/mol. The summed E-state index contributed by atoms with van der Waals surface area (Å²) in [6.07, 6.45) is 0.768. The van der Waals surface area contributed by atoms with Crippen molar-refractivity contribution in [3.8, 4) is 29.4 Å². The number of fused-ring (bicyclic) bond motifs is 1. The standard InChI is InChI=1S/C29H16F6O/c1-2-11-36-21-8-7-19(24(30)16-21)6-3-18-13-25(31)23(26(32)14-18)10-5-17-4-9-22-20(12-17)15-27(33)29(35)28(22)34/h4,7-9,12-16H,2,11H2,1H3. The molecule has 7 heteroatoms. The van der Waals surface area contributed by atoms with Crippen LogP contribution in [0.2, 0.25) is 0 Å². The van der Waals surface area contributed by atoms with E-state index < -0.39 is 40.5 Å². The third-order valence-electron chi connectivity index (χ3n) is 5.10. The van der Waals surface area contributed by atoms with Crippen molar-refractivity contribution in [3.05, 3.63) is 112 Å². The van der Waals surface area contributed by atoms with E-state index in [9.17, 15) is 26.3 Å². The van der Waals surface area contributed by atoms with Gasteiger partial charge in [-0.05, 0) is 54.3 Å². The number of benzene rings is 4. The van der Waals surface area contributed by atoms with E-state index in [1.165, 1.54) is 30.3 Å². The van der Waals surface area contributed by atoms with E-state index in [-0.39, 0.29) is 27.5 Å². The molecule has 4 aromatic carbocycles. The van der Waals surface area contributed by atoms with Crippen LogP contribution < -0.4 is 4.74 Å². The van der Waals surface area contributed by atoms with E-state index in [0.29, 0.717) is 12.4 Å². The molecule has 4 rings (SSSR count). The van der Waals surface area contributed by atoms with Gasteiger partial charge in [-0.1, -0.05) is 36.7 Å². The van der Waals surface area contributed by atoms with Crippen LogP contribution in [0.3, 0.4) is 0 Å². The first-order valence-electron chi connectivity index (χ1n) is 10.8. The van der Waals surface area contributed by atoms with Crippen molar-refractivity contribution in [1.29, 1.82) is 0 Å². The number of halogens is 6. The first-order valence-corrected chi connectivity index (χ1v) is 10.8. The Hall–Kier alpha value is -4.36. The highest BCUT2D eigenvalue weighted by atomic mass is 19.2. The number of rotatable bonds is 3. The molecule has 0 unspecified atom stereocenters. The maximum absolute atomic E-state index is 14.6. The fourth-order valence-electron chi connectivity index (χ4n) is 3.33. The van der Waals surface area contributed by atoms with E-state index in [1.54, 1.807) is 6.07 Å². The second kappa shape index (κ2) is 10.5. The summed E-state index contributed by atoms with van der Waals surface area (Å²) in [5.74, 6) is 3.40. The Bertz CT molecular complexity index is 1580. The van der Waals surface area contributed by atoms with Gasteiger partial charge in [-0.2, -0.15) is 0 Å². The summed E-state index contributed by atoms with van der Waals surface area (Å²) < 4.78 is 89.4. The zero-order valence-corrected chi connectivity index (χ0v) is 18.8. The lowest BCUT2D eigenvalue weighted by Crippen LogP contribution is -1.96. The van der Waals surface area contributed by atoms with Gasteiger partial charge in [0.05, 0.1) is 17.7 Å². The van der Waals surface area contributed by atoms with Gasteiger partial charge < -0.3 is 4.74 Å². The fourth-order valence-corrected chi connectivity index (χ4v) is 3.33. The normalized spacial score (nSPS) is 10.4. The Morgan fingerprint density at radius 3 is 2.06 bits per heavy atom. The molecule has 36 heavy (non-hydrogen) atoms. The molecule has 0 saturated carbocycles. The van der Waals surface area contributed by atoms with Crippen molar-refractivity contribution >= 4 is 10.8 Å². The van der Waals surface area contributed by atoms with Crippen LogP contribution in [0.25, 0.3) is 10.8 Å². The maximum atomic E-state index is 14.6. The number of ether oxygens (including phenoxy) is 1. The molecular formula is C29H16F6O. The van der Waals surface area contributed by atoms with Gasteiger partial charge in [-0.25, -0.2) is 26.3 Å². The Morgan fingerprint density at radius 1 is 0.639 bits per heavy atom. The number of hydrogen-bond donors (Lipinski definition) is 0. The molecule has 0 aromatic heterocycles. The number of hydrogen-bond acceptors (Lipinski definition) is 1. The van der Waals surface area contributed by atoms with Crippen LogP contribution in [0, 0.1) is 58.6 Å². The molecule has 0 heterocycles. The molecule has 0 aliphatic rings. The quantitative estimate of drug-likeness (QED) is 0.165. The zero-order valence-electron chi connectivity index (χ0n) is 18.8. The monoisotopic (exact) mass is 494 g/mol. The molecule has 0 aliphatic carbocycles. The van der Waals surface area contributed by atoms with E-state index >= 15 is 0 Å². The average molecular weight is 494 g/mol. The summed E-state index contributed by atoms with van der Waals surface area (Å²) in [4.78, 5) is 0. The lowest BCUT2D eigenvalue weighted by atomic mass is 10.1. The van der Waals surface area contributed by atoms with E-state index in [2.05, 4.69) is 23.7 Å². The summed E-state index contributed by atoms with van der Waals surface area (Å²) in [5, 5.41) is -0.110. The lowest BCUT2D eigenvalue weighted by Gasteiger charge is -2.04. The van der Waals surface area contributed by atoms with Crippen LogP contribution >= 0.6 is 0 Å². The van der Waals surface area contributed by atoms with Gasteiger partial charge in [-0.15, -0.1) is 0 Å². The lowest BCUT2D eigenvalue weighted by molar-refractivity contribution is 0.315. The first-order chi connectivity index (χ1) is 17.3. The van der Waals surface area contributed by atoms with Crippen LogP contribution in [0.1, 0.15) is 35.6 Å². The van der Waals surface area contributed by atoms with Crippen LogP contribution in [-0.2, 0) is 0 Å². The third-order valence-corrected chi connectivity index (χ3v) is 5.10. The minimum atomic E-state index is -1.59. The fraction of sp³-hybridized carbons (Fsp3) is 0.103. The van der Waals surface area contributed by atoms with Crippen molar-refractivity contribution in [2.24, 2.45) is 0 Å². The maximum Gasteiger partial charge on any atom is 0.195 e. The minimum absolute atomic E-state index is 0.0278. The SMILES string of the molecule is CCCOc1ccc(C#Cc2cc(F)c(C#Cc3ccc4c(F)c(F)c(F)cc4c3)c(F)c2)c(F)c1. The highest BCUT2D eigenvalue weighted by Crippen LogP contribution is 2.24. The van der Waals surface area contributed by atoms with Gasteiger partial charge in [0.2, 0.25) is 0 Å². The highest BCUT2D eigenvalue weighted by Gasteiger charge is 2.13. The summed E-state index contributed by atoms with van der Waals surface area (Å²) in [5.41, 5.74) is -0.328. The predicted molar refractivity (Wildman–Crippen MR) is 124 cm³/mol. The Labute approximate surface area is 203 Å². The molecule has 1 nitrogen and oxygen atoms in total. The van der Waals surface area contributed by atoms with Crippen molar-refractivity contribution in [2.45, 2.75) is 13.3 Å². The summed E-state index contributed by atoms with van der Waals surface area (Å²) in [6, 6.07) is 10.7. The molecule has 0 fully saturated rings. The van der Waals surface area contributed by atoms with Crippen LogP contribution in [0.4, 0.5) is 26.3 Å². The van der Waals surface area contributed by atoms with Crippen molar-refractivity contribution in [3.63, 3.8) is 0 Å². The average Bonchev–Trinajstić information content (AvgIpc) is 2.85. The second-order valence-corrected chi connectivity index (χ2v) is 7.73. The van der Waals surface area contributed by atoms with Gasteiger partial charge in [-0.3, -0.25) is 0 Å². The molecule has 180 valence electrons. The van der Waals surface area contributed by atoms with Crippen LogP contribution in [-0.4, -0.2) is 6.61 Å². The first kappa shape index (κ1) is 24.8. The van der Waals surface area contributed by atoms with Gasteiger partial charge in [0.1, 0.15) is 23.2 Å². The third kappa shape index (κ3) is 5.31. The summed E-state index contributed by atoms with van der Waals surface area (Å²) >= 11 is 0. The predicted octanol–water partition coefficient (Wildman–Crippen LogP) is 7.26. The molecule has 0 radical (unpaired) electrons. The molecule has 0 bridgehead atoms. The minimum Gasteiger partial charge on any atom is -0.494 e. The van der Waals surface area contributed by atoms with Gasteiger partial charge in [0.15, 0.2) is 17.5 Å². The molecule has 0 aliphatic heterocycles. The van der Waals surface area contributed by atoms with Crippen molar-refractivity contribution in [2.75, 3.05) is 6.61 Å². The Morgan fingerprint density at radius 2 is 1.36 bits per heavy atom. The molecule has 0 N–H and O–H groups in total. The zero-order chi connectivity index (χ0) is 25.8. The van der Waals surface area contributed by atoms with Crippen molar-refractivity contribution < 1.29 is 31.1 Å². The van der Waals surface area contributed by atoms with Gasteiger partial charge in [0, 0.05) is 22.6 Å². The molecule has 0 atom stereocenters. The Kier molecular flexibility index (Phi) is 7.22. The van der Waals surface area contributed by atoms with E-state index in [1.807, 2.05) is 6.92 Å².